The van der Waals surface area contributed by atoms with Crippen LogP contribution in [0.2, 0.25) is 0 Å². The Kier molecular flexibility index (Phi) is 7.95. The maximum Gasteiger partial charge on any atom is 0.410 e. The first-order valence-corrected chi connectivity index (χ1v) is 14.5. The molecule has 10 heteroatoms. The molecule has 2 aliphatic rings. The summed E-state index contributed by atoms with van der Waals surface area (Å²) in [4.78, 5) is 21.0. The van der Waals surface area contributed by atoms with E-state index in [0.717, 1.165) is 85.5 Å². The Morgan fingerprint density at radius 1 is 1.05 bits per heavy atom. The Balaban J connectivity index is 1.31. The summed E-state index contributed by atoms with van der Waals surface area (Å²) in [5.41, 5.74) is 4.95. The van der Waals surface area contributed by atoms with Crippen molar-refractivity contribution in [1.82, 2.24) is 29.2 Å². The first-order chi connectivity index (χ1) is 20.0. The lowest BCUT2D eigenvalue weighted by atomic mass is 9.71. The Hall–Kier alpha value is -4.39. The number of aliphatic imine (C=N–C) groups is 1. The molecule has 0 unspecified atom stereocenters. The van der Waals surface area contributed by atoms with Gasteiger partial charge in [0, 0.05) is 62.3 Å². The predicted molar refractivity (Wildman–Crippen MR) is 164 cm³/mol. The third-order valence-corrected chi connectivity index (χ3v) is 8.46. The van der Waals surface area contributed by atoms with Gasteiger partial charge < -0.3 is 14.5 Å². The number of pyridine rings is 1. The zero-order valence-electron chi connectivity index (χ0n) is 25.3. The molecule has 2 aliphatic heterocycles. The van der Waals surface area contributed by atoms with Gasteiger partial charge in [0.15, 0.2) is 0 Å². The van der Waals surface area contributed by atoms with Crippen LogP contribution in [0.1, 0.15) is 64.5 Å². The van der Waals surface area contributed by atoms with Crippen LogP contribution in [0.3, 0.4) is 0 Å². The number of rotatable bonds is 5. The second kappa shape index (κ2) is 11.5. The monoisotopic (exact) mass is 568 g/mol. The number of likely N-dealkylation sites (tertiary alicyclic amines) is 2. The molecule has 3 aromatic rings. The minimum absolute atomic E-state index is 0.209. The second-order valence-corrected chi connectivity index (χ2v) is 12.5. The molecule has 0 atom stereocenters. The number of carbonyl (C=O) groups excluding carboxylic acids is 1. The van der Waals surface area contributed by atoms with E-state index in [9.17, 15) is 10.1 Å². The van der Waals surface area contributed by atoms with E-state index < -0.39 is 5.60 Å². The van der Waals surface area contributed by atoms with Crippen LogP contribution >= 0.6 is 0 Å². The maximum absolute atomic E-state index is 12.5. The average Bonchev–Trinajstić information content (AvgIpc) is 3.59. The Labute approximate surface area is 247 Å². The number of aromatic nitrogens is 4. The molecule has 5 heterocycles. The van der Waals surface area contributed by atoms with Crippen molar-refractivity contribution in [1.29, 1.82) is 5.26 Å². The second-order valence-electron chi connectivity index (χ2n) is 12.5. The van der Waals surface area contributed by atoms with Crippen molar-refractivity contribution in [2.75, 3.05) is 26.2 Å². The number of nitrogens with zero attached hydrogens (tertiary/aromatic N) is 8. The zero-order valence-corrected chi connectivity index (χ0v) is 25.3. The summed E-state index contributed by atoms with van der Waals surface area (Å²) in [5.74, 6) is 0.837. The predicted octanol–water partition coefficient (Wildman–Crippen LogP) is 5.66. The standard InChI is InChI=1S/C32H40N8O2/c1-23(27-17-24(26-20-35-37(6)21-26)22-40-29(27)25(18-33)19-36-40)7-8-28(34-5)38-13-9-32(10-14-38)11-15-39(16-12-32)30(41)42-31(2,3)4/h7-8,17,19-22H,5,9-16H2,1-4,6H3/b23-7+,28-8+. The van der Waals surface area contributed by atoms with E-state index in [2.05, 4.69) is 38.9 Å². The molecule has 0 radical (unpaired) electrons. The SMILES string of the molecule is C=N/C(=C\C=C(/C)c1cc(-c2cnn(C)c2)cn2ncc(C#N)c12)N1CCC2(CCN(C(=O)OC(C)(C)C)CC2)CC1. The van der Waals surface area contributed by atoms with Crippen LogP contribution in [0.25, 0.3) is 22.2 Å². The van der Waals surface area contributed by atoms with Gasteiger partial charge in [0.05, 0.1) is 23.5 Å². The van der Waals surface area contributed by atoms with Crippen molar-refractivity contribution < 1.29 is 9.53 Å². The molecule has 1 spiro atoms. The maximum atomic E-state index is 12.5. The third-order valence-electron chi connectivity index (χ3n) is 8.46. The van der Waals surface area contributed by atoms with Crippen LogP contribution in [0.4, 0.5) is 4.79 Å². The number of allylic oxidation sites excluding steroid dienone is 3. The van der Waals surface area contributed by atoms with Gasteiger partial charge in [-0.2, -0.15) is 15.5 Å². The van der Waals surface area contributed by atoms with E-state index in [-0.39, 0.29) is 11.5 Å². The fourth-order valence-corrected chi connectivity index (χ4v) is 5.98. The minimum Gasteiger partial charge on any atom is -0.444 e. The van der Waals surface area contributed by atoms with Crippen LogP contribution in [-0.2, 0) is 11.8 Å². The number of piperidine rings is 2. The number of carbonyl (C=O) groups is 1. The molecule has 220 valence electrons. The smallest absolute Gasteiger partial charge is 0.410 e. The first kappa shape index (κ1) is 29.1. The normalized spacial score (nSPS) is 17.9. The quantitative estimate of drug-likeness (QED) is 0.290. The van der Waals surface area contributed by atoms with E-state index in [0.29, 0.717) is 5.56 Å². The number of ether oxygens (including phenoxy) is 1. The summed E-state index contributed by atoms with van der Waals surface area (Å²) in [6, 6.07) is 4.36. The van der Waals surface area contributed by atoms with Crippen molar-refractivity contribution in [3.63, 3.8) is 0 Å². The number of fused-ring (bicyclic) bond motifs is 1. The number of amides is 1. The molecule has 5 rings (SSSR count). The lowest BCUT2D eigenvalue weighted by molar-refractivity contribution is 0.0000814. The molecule has 42 heavy (non-hydrogen) atoms. The molecule has 1 amide bonds. The highest BCUT2D eigenvalue weighted by Gasteiger charge is 2.39. The molecule has 0 N–H and O–H groups in total. The van der Waals surface area contributed by atoms with Crippen LogP contribution in [-0.4, -0.2) is 73.8 Å². The van der Waals surface area contributed by atoms with Crippen LogP contribution in [0.15, 0.2) is 53.8 Å². The molecular weight excluding hydrogens is 528 g/mol. The molecule has 0 aliphatic carbocycles. The van der Waals surface area contributed by atoms with E-state index >= 15 is 0 Å². The topological polar surface area (TPSA) is 104 Å². The first-order valence-electron chi connectivity index (χ1n) is 14.5. The molecule has 0 bridgehead atoms. The van der Waals surface area contributed by atoms with Crippen LogP contribution in [0, 0.1) is 16.7 Å². The van der Waals surface area contributed by atoms with Gasteiger partial charge in [-0.25, -0.2) is 14.3 Å². The largest absolute Gasteiger partial charge is 0.444 e. The molecule has 0 saturated carbocycles. The zero-order chi connectivity index (χ0) is 30.1. The van der Waals surface area contributed by atoms with Gasteiger partial charge in [-0.05, 0) is 83.2 Å². The van der Waals surface area contributed by atoms with Crippen molar-refractivity contribution >= 4 is 23.9 Å². The highest BCUT2D eigenvalue weighted by molar-refractivity contribution is 5.84. The lowest BCUT2D eigenvalue weighted by Gasteiger charge is -2.47. The molecule has 2 fully saturated rings. The summed E-state index contributed by atoms with van der Waals surface area (Å²) in [6.45, 7) is 14.9. The van der Waals surface area contributed by atoms with Crippen molar-refractivity contribution in [2.24, 2.45) is 17.5 Å². The summed E-state index contributed by atoms with van der Waals surface area (Å²) < 4.78 is 9.11. The lowest BCUT2D eigenvalue weighted by Crippen LogP contribution is -2.48. The molecule has 2 saturated heterocycles. The van der Waals surface area contributed by atoms with Gasteiger partial charge >= 0.3 is 6.09 Å². The highest BCUT2D eigenvalue weighted by Crippen LogP contribution is 2.42. The summed E-state index contributed by atoms with van der Waals surface area (Å²) in [5, 5.41) is 18.5. The Morgan fingerprint density at radius 2 is 1.71 bits per heavy atom. The van der Waals surface area contributed by atoms with Crippen LogP contribution in [0.5, 0.6) is 0 Å². The average molecular weight is 569 g/mol. The number of hydrogen-bond donors (Lipinski definition) is 0. The fraction of sp³-hybridized carbons (Fsp3) is 0.469. The van der Waals surface area contributed by atoms with Gasteiger partial charge in [0.25, 0.3) is 0 Å². The summed E-state index contributed by atoms with van der Waals surface area (Å²) in [7, 11) is 1.89. The van der Waals surface area contributed by atoms with Crippen molar-refractivity contribution in [3.05, 3.63) is 60.0 Å². The van der Waals surface area contributed by atoms with Gasteiger partial charge in [-0.3, -0.25) is 4.68 Å². The summed E-state index contributed by atoms with van der Waals surface area (Å²) in [6.07, 6.45) is 15.3. The molecule has 0 aromatic carbocycles. The Bertz CT molecular complexity index is 1580. The molecular formula is C32H40N8O2. The van der Waals surface area contributed by atoms with Crippen molar-refractivity contribution in [2.45, 2.75) is 59.0 Å². The minimum atomic E-state index is -0.476. The van der Waals surface area contributed by atoms with Gasteiger partial charge in [-0.15, -0.1) is 0 Å². The number of hydrogen-bond acceptors (Lipinski definition) is 7. The number of aryl methyl sites for hydroxylation is 1. The van der Waals surface area contributed by atoms with E-state index in [1.54, 1.807) is 15.4 Å². The fourth-order valence-electron chi connectivity index (χ4n) is 5.98. The van der Waals surface area contributed by atoms with E-state index in [1.165, 1.54) is 0 Å². The summed E-state index contributed by atoms with van der Waals surface area (Å²) >= 11 is 0. The van der Waals surface area contributed by atoms with E-state index in [1.807, 2.05) is 70.4 Å². The van der Waals surface area contributed by atoms with Crippen LogP contribution < -0.4 is 0 Å². The van der Waals surface area contributed by atoms with Gasteiger partial charge in [0.1, 0.15) is 17.5 Å². The third kappa shape index (κ3) is 6.10. The van der Waals surface area contributed by atoms with Gasteiger partial charge in [0.2, 0.25) is 0 Å². The van der Waals surface area contributed by atoms with E-state index in [4.69, 9.17) is 4.74 Å². The number of nitriles is 1. The van der Waals surface area contributed by atoms with Gasteiger partial charge in [-0.1, -0.05) is 6.08 Å². The molecule has 10 nitrogen and oxygen atoms in total. The molecule has 3 aromatic heterocycles. The Morgan fingerprint density at radius 3 is 2.29 bits per heavy atom. The highest BCUT2D eigenvalue weighted by atomic mass is 16.6. The van der Waals surface area contributed by atoms with Crippen molar-refractivity contribution in [3.8, 4) is 17.2 Å².